The Morgan fingerprint density at radius 3 is 2.61 bits per heavy atom. The number of anilines is 1. The first kappa shape index (κ1) is 12.4. The van der Waals surface area contributed by atoms with Gasteiger partial charge in [0.1, 0.15) is 0 Å². The molecule has 1 aliphatic carbocycles. The average molecular weight is 248 g/mol. The summed E-state index contributed by atoms with van der Waals surface area (Å²) in [7, 11) is 0. The van der Waals surface area contributed by atoms with Gasteiger partial charge >= 0.3 is 12.0 Å². The van der Waals surface area contributed by atoms with Crippen LogP contribution in [0.1, 0.15) is 29.3 Å². The van der Waals surface area contributed by atoms with Crippen molar-refractivity contribution >= 4 is 17.7 Å². The van der Waals surface area contributed by atoms with E-state index in [0.29, 0.717) is 17.2 Å². The van der Waals surface area contributed by atoms with Crippen LogP contribution in [0.3, 0.4) is 0 Å². The molecule has 1 aliphatic rings. The second-order valence-corrected chi connectivity index (χ2v) is 4.70. The summed E-state index contributed by atoms with van der Waals surface area (Å²) in [6, 6.07) is 4.79. The van der Waals surface area contributed by atoms with Crippen molar-refractivity contribution in [3.05, 3.63) is 29.3 Å². The van der Waals surface area contributed by atoms with Crippen molar-refractivity contribution in [1.82, 2.24) is 5.32 Å². The van der Waals surface area contributed by atoms with Crippen LogP contribution in [0.5, 0.6) is 0 Å². The molecule has 18 heavy (non-hydrogen) atoms. The summed E-state index contributed by atoms with van der Waals surface area (Å²) in [6.45, 7) is 3.75. The summed E-state index contributed by atoms with van der Waals surface area (Å²) in [5.41, 5.74) is 1.29. The van der Waals surface area contributed by atoms with Crippen molar-refractivity contribution in [3.63, 3.8) is 0 Å². The summed E-state index contributed by atoms with van der Waals surface area (Å²) in [5.74, 6) is -0.463. The number of carboxylic acid groups (broad SMARTS) is 1. The molecule has 96 valence electrons. The largest absolute Gasteiger partial charge is 0.478 e. The quantitative estimate of drug-likeness (QED) is 0.767. The summed E-state index contributed by atoms with van der Waals surface area (Å²) < 4.78 is 0. The number of rotatable bonds is 3. The minimum absolute atomic E-state index is 0.201. The van der Waals surface area contributed by atoms with Gasteiger partial charge < -0.3 is 15.7 Å². The molecule has 0 aliphatic heterocycles. The Labute approximate surface area is 105 Å². The molecule has 3 N–H and O–H groups in total. The zero-order valence-corrected chi connectivity index (χ0v) is 10.4. The third-order valence-corrected chi connectivity index (χ3v) is 3.24. The molecule has 2 amide bonds. The number of nitrogens with one attached hydrogen (secondary N) is 2. The first-order valence-electron chi connectivity index (χ1n) is 5.89. The van der Waals surface area contributed by atoms with Crippen LogP contribution >= 0.6 is 0 Å². The van der Waals surface area contributed by atoms with Crippen molar-refractivity contribution in [2.75, 3.05) is 5.32 Å². The van der Waals surface area contributed by atoms with E-state index in [1.165, 1.54) is 6.07 Å². The number of hydrogen-bond acceptors (Lipinski definition) is 2. The highest BCUT2D eigenvalue weighted by molar-refractivity contribution is 5.95. The molecule has 0 saturated heterocycles. The van der Waals surface area contributed by atoms with Crippen LogP contribution < -0.4 is 10.6 Å². The van der Waals surface area contributed by atoms with Gasteiger partial charge in [-0.25, -0.2) is 9.59 Å². The number of benzene rings is 1. The Hall–Kier alpha value is -2.04. The van der Waals surface area contributed by atoms with Gasteiger partial charge in [0.05, 0.1) is 5.56 Å². The fourth-order valence-corrected chi connectivity index (χ4v) is 1.85. The maximum atomic E-state index is 11.7. The molecule has 2 unspecified atom stereocenters. The third kappa shape index (κ3) is 2.61. The van der Waals surface area contributed by atoms with E-state index in [0.717, 1.165) is 6.42 Å². The Morgan fingerprint density at radius 1 is 1.39 bits per heavy atom. The molecule has 1 aromatic carbocycles. The average Bonchev–Trinajstić information content (AvgIpc) is 2.96. The van der Waals surface area contributed by atoms with Crippen LogP contribution in [0, 0.1) is 12.8 Å². The second-order valence-electron chi connectivity index (χ2n) is 4.70. The first-order chi connectivity index (χ1) is 8.49. The monoisotopic (exact) mass is 248 g/mol. The molecule has 1 saturated carbocycles. The minimum atomic E-state index is -0.993. The summed E-state index contributed by atoms with van der Waals surface area (Å²) in [6.07, 6.45) is 1.00. The highest BCUT2D eigenvalue weighted by Crippen LogP contribution is 2.29. The fraction of sp³-hybridized carbons (Fsp3) is 0.385. The highest BCUT2D eigenvalue weighted by Gasteiger charge is 2.33. The zero-order valence-electron chi connectivity index (χ0n) is 10.4. The number of carboxylic acids is 1. The van der Waals surface area contributed by atoms with Gasteiger partial charge in [-0.05, 0) is 37.0 Å². The SMILES string of the molecule is Cc1c(NC(=O)NC2CC2C)cccc1C(=O)O. The maximum absolute atomic E-state index is 11.7. The minimum Gasteiger partial charge on any atom is -0.478 e. The standard InChI is InChI=1S/C13H16N2O3/c1-7-6-11(7)15-13(18)14-10-5-3-4-9(8(10)2)12(16)17/h3-5,7,11H,6H2,1-2H3,(H,16,17)(H2,14,15,18). The molecule has 1 aromatic rings. The Morgan fingerprint density at radius 2 is 2.06 bits per heavy atom. The number of amides is 2. The van der Waals surface area contributed by atoms with Gasteiger partial charge in [-0.3, -0.25) is 0 Å². The predicted molar refractivity (Wildman–Crippen MR) is 67.9 cm³/mol. The van der Waals surface area contributed by atoms with Gasteiger partial charge in [-0.15, -0.1) is 0 Å². The van der Waals surface area contributed by atoms with Crippen LogP contribution in [-0.4, -0.2) is 23.1 Å². The smallest absolute Gasteiger partial charge is 0.336 e. The molecular weight excluding hydrogens is 232 g/mol. The van der Waals surface area contributed by atoms with Crippen molar-refractivity contribution in [1.29, 1.82) is 0 Å². The molecule has 5 nitrogen and oxygen atoms in total. The zero-order chi connectivity index (χ0) is 13.3. The molecule has 1 fully saturated rings. The van der Waals surface area contributed by atoms with Crippen LogP contribution in [0.15, 0.2) is 18.2 Å². The normalized spacial score (nSPS) is 21.2. The third-order valence-electron chi connectivity index (χ3n) is 3.24. The molecule has 0 radical (unpaired) electrons. The van der Waals surface area contributed by atoms with Gasteiger partial charge in [0.25, 0.3) is 0 Å². The van der Waals surface area contributed by atoms with Crippen LogP contribution in [0.4, 0.5) is 10.5 Å². The van der Waals surface area contributed by atoms with E-state index in [4.69, 9.17) is 5.11 Å². The molecule has 2 rings (SSSR count). The van der Waals surface area contributed by atoms with Crippen LogP contribution in [-0.2, 0) is 0 Å². The van der Waals surface area contributed by atoms with E-state index < -0.39 is 5.97 Å². The lowest BCUT2D eigenvalue weighted by Crippen LogP contribution is -2.31. The summed E-state index contributed by atoms with van der Waals surface area (Å²) >= 11 is 0. The van der Waals surface area contributed by atoms with E-state index in [1.54, 1.807) is 19.1 Å². The number of aromatic carboxylic acids is 1. The van der Waals surface area contributed by atoms with Gasteiger partial charge in [-0.1, -0.05) is 13.0 Å². The Balaban J connectivity index is 2.06. The van der Waals surface area contributed by atoms with E-state index in [1.807, 2.05) is 0 Å². The molecule has 0 spiro atoms. The lowest BCUT2D eigenvalue weighted by molar-refractivity contribution is 0.0696. The molecule has 0 aromatic heterocycles. The van der Waals surface area contributed by atoms with Crippen molar-refractivity contribution < 1.29 is 14.7 Å². The Kier molecular flexibility index (Phi) is 3.23. The number of urea groups is 1. The van der Waals surface area contributed by atoms with E-state index in [2.05, 4.69) is 17.6 Å². The van der Waals surface area contributed by atoms with E-state index in [9.17, 15) is 9.59 Å². The number of carbonyl (C=O) groups excluding carboxylic acids is 1. The van der Waals surface area contributed by atoms with Gasteiger partial charge in [0.2, 0.25) is 0 Å². The van der Waals surface area contributed by atoms with E-state index >= 15 is 0 Å². The number of hydrogen-bond donors (Lipinski definition) is 3. The van der Waals surface area contributed by atoms with Crippen LogP contribution in [0.25, 0.3) is 0 Å². The molecular formula is C13H16N2O3. The maximum Gasteiger partial charge on any atom is 0.336 e. The second kappa shape index (κ2) is 4.68. The molecule has 0 bridgehead atoms. The van der Waals surface area contributed by atoms with Crippen molar-refractivity contribution in [2.45, 2.75) is 26.3 Å². The van der Waals surface area contributed by atoms with Crippen molar-refractivity contribution in [2.24, 2.45) is 5.92 Å². The fourth-order valence-electron chi connectivity index (χ4n) is 1.85. The number of carbonyl (C=O) groups is 2. The van der Waals surface area contributed by atoms with Crippen LogP contribution in [0.2, 0.25) is 0 Å². The molecule has 0 heterocycles. The molecule has 2 atom stereocenters. The lowest BCUT2D eigenvalue weighted by atomic mass is 10.1. The Bertz CT molecular complexity index is 499. The molecule has 5 heteroatoms. The first-order valence-corrected chi connectivity index (χ1v) is 5.89. The van der Waals surface area contributed by atoms with Gasteiger partial charge in [0.15, 0.2) is 0 Å². The van der Waals surface area contributed by atoms with E-state index in [-0.39, 0.29) is 17.6 Å². The van der Waals surface area contributed by atoms with Gasteiger partial charge in [0, 0.05) is 11.7 Å². The summed E-state index contributed by atoms with van der Waals surface area (Å²) in [4.78, 5) is 22.6. The predicted octanol–water partition coefficient (Wildman–Crippen LogP) is 2.22. The van der Waals surface area contributed by atoms with Crippen molar-refractivity contribution in [3.8, 4) is 0 Å². The van der Waals surface area contributed by atoms with Gasteiger partial charge in [-0.2, -0.15) is 0 Å². The highest BCUT2D eigenvalue weighted by atomic mass is 16.4. The summed E-state index contributed by atoms with van der Waals surface area (Å²) in [5, 5.41) is 14.5. The lowest BCUT2D eigenvalue weighted by Gasteiger charge is -2.11. The topological polar surface area (TPSA) is 78.4 Å².